The minimum atomic E-state index is -0.885. The molecule has 2 heterocycles. The van der Waals surface area contributed by atoms with Gasteiger partial charge in [-0.15, -0.1) is 0 Å². The number of nitrogens with zero attached hydrogens (tertiary/aromatic N) is 1. The van der Waals surface area contributed by atoms with Crippen molar-refractivity contribution >= 4 is 23.4 Å². The van der Waals surface area contributed by atoms with Crippen molar-refractivity contribution in [3.8, 4) is 0 Å². The van der Waals surface area contributed by atoms with Gasteiger partial charge < -0.3 is 10.2 Å². The van der Waals surface area contributed by atoms with Crippen LogP contribution in [0.25, 0.3) is 5.57 Å². The molecule has 2 saturated heterocycles. The van der Waals surface area contributed by atoms with E-state index in [2.05, 4.69) is 10.6 Å². The maximum absolute atomic E-state index is 13.0. The van der Waals surface area contributed by atoms with Crippen LogP contribution < -0.4 is 10.6 Å². The second kappa shape index (κ2) is 6.07. The minimum Gasteiger partial charge on any atom is -0.339 e. The van der Waals surface area contributed by atoms with Crippen LogP contribution in [0.1, 0.15) is 25.3 Å². The number of piperidine rings is 1. The molecule has 0 aliphatic carbocycles. The number of rotatable bonds is 2. The molecule has 4 amide bonds. The van der Waals surface area contributed by atoms with Gasteiger partial charge in [0.25, 0.3) is 5.91 Å². The van der Waals surface area contributed by atoms with Crippen LogP contribution in [0.2, 0.25) is 0 Å². The van der Waals surface area contributed by atoms with Gasteiger partial charge in [-0.3, -0.25) is 14.9 Å². The third-order valence-electron chi connectivity index (χ3n) is 4.58. The maximum atomic E-state index is 13.0. The van der Waals surface area contributed by atoms with Gasteiger partial charge in [-0.1, -0.05) is 12.1 Å². The summed E-state index contributed by atoms with van der Waals surface area (Å²) in [6.07, 6.45) is 2.29. The number of hydrogen-bond acceptors (Lipinski definition) is 3. The molecule has 24 heavy (non-hydrogen) atoms. The predicted octanol–water partition coefficient (Wildman–Crippen LogP) is 1.43. The average molecular weight is 331 g/mol. The van der Waals surface area contributed by atoms with Gasteiger partial charge in [0.15, 0.2) is 0 Å². The Kier molecular flexibility index (Phi) is 4.09. The SMILES string of the molecule is CC(=CC(=O)N1CCC2(CC1)NC(=O)NC2=O)c1ccc(F)cc1. The summed E-state index contributed by atoms with van der Waals surface area (Å²) in [4.78, 5) is 37.2. The topological polar surface area (TPSA) is 78.5 Å². The van der Waals surface area contributed by atoms with E-state index >= 15 is 0 Å². The maximum Gasteiger partial charge on any atom is 0.322 e. The Morgan fingerprint density at radius 3 is 2.38 bits per heavy atom. The molecule has 126 valence electrons. The lowest BCUT2D eigenvalue weighted by Crippen LogP contribution is -2.55. The Bertz CT molecular complexity index is 719. The number of urea groups is 1. The van der Waals surface area contributed by atoms with Crippen LogP contribution in [0.4, 0.5) is 9.18 Å². The fourth-order valence-electron chi connectivity index (χ4n) is 3.06. The average Bonchev–Trinajstić information content (AvgIpc) is 2.82. The van der Waals surface area contributed by atoms with Crippen molar-refractivity contribution in [3.05, 3.63) is 41.7 Å². The van der Waals surface area contributed by atoms with Gasteiger partial charge in [-0.2, -0.15) is 0 Å². The smallest absolute Gasteiger partial charge is 0.322 e. The first-order valence-electron chi connectivity index (χ1n) is 7.76. The number of carbonyl (C=O) groups is 3. The van der Waals surface area contributed by atoms with Crippen LogP contribution in [-0.2, 0) is 9.59 Å². The van der Waals surface area contributed by atoms with Crippen molar-refractivity contribution in [1.29, 1.82) is 0 Å². The molecule has 7 heteroatoms. The number of halogens is 1. The normalized spacial score (nSPS) is 20.1. The summed E-state index contributed by atoms with van der Waals surface area (Å²) in [5, 5.41) is 4.91. The molecule has 1 aromatic rings. The molecule has 2 aliphatic rings. The molecule has 2 aliphatic heterocycles. The Morgan fingerprint density at radius 2 is 1.83 bits per heavy atom. The monoisotopic (exact) mass is 331 g/mol. The van der Waals surface area contributed by atoms with E-state index in [1.165, 1.54) is 18.2 Å². The summed E-state index contributed by atoms with van der Waals surface area (Å²) in [5.74, 6) is -0.801. The zero-order valence-corrected chi connectivity index (χ0v) is 13.3. The van der Waals surface area contributed by atoms with E-state index in [1.807, 2.05) is 0 Å². The molecule has 3 rings (SSSR count). The molecule has 0 aromatic heterocycles. The lowest BCUT2D eigenvalue weighted by atomic mass is 9.87. The Morgan fingerprint density at radius 1 is 1.21 bits per heavy atom. The quantitative estimate of drug-likeness (QED) is 0.636. The molecule has 0 atom stereocenters. The van der Waals surface area contributed by atoms with Crippen molar-refractivity contribution in [2.24, 2.45) is 0 Å². The molecule has 6 nitrogen and oxygen atoms in total. The second-order valence-corrected chi connectivity index (χ2v) is 6.15. The zero-order valence-electron chi connectivity index (χ0n) is 13.3. The van der Waals surface area contributed by atoms with Gasteiger partial charge in [-0.25, -0.2) is 9.18 Å². The molecule has 0 saturated carbocycles. The van der Waals surface area contributed by atoms with Crippen LogP contribution in [0, 0.1) is 5.82 Å². The number of amides is 4. The molecule has 0 unspecified atom stereocenters. The van der Waals surface area contributed by atoms with Crippen molar-refractivity contribution in [3.63, 3.8) is 0 Å². The number of carbonyl (C=O) groups excluding carboxylic acids is 3. The van der Waals surface area contributed by atoms with Gasteiger partial charge in [0, 0.05) is 19.2 Å². The number of nitrogens with one attached hydrogen (secondary N) is 2. The van der Waals surface area contributed by atoms with Crippen molar-refractivity contribution in [2.75, 3.05) is 13.1 Å². The highest BCUT2D eigenvalue weighted by molar-refractivity contribution is 6.07. The molecular weight excluding hydrogens is 313 g/mol. The Labute approximate surface area is 138 Å². The fraction of sp³-hybridized carbons (Fsp3) is 0.353. The Hall–Kier alpha value is -2.70. The van der Waals surface area contributed by atoms with Gasteiger partial charge >= 0.3 is 6.03 Å². The van der Waals surface area contributed by atoms with Crippen LogP contribution in [-0.4, -0.2) is 41.4 Å². The van der Waals surface area contributed by atoms with Crippen LogP contribution in [0.15, 0.2) is 30.3 Å². The van der Waals surface area contributed by atoms with Crippen molar-refractivity contribution in [2.45, 2.75) is 25.3 Å². The molecule has 0 bridgehead atoms. The molecular formula is C17H18FN3O3. The van der Waals surface area contributed by atoms with Crippen molar-refractivity contribution < 1.29 is 18.8 Å². The predicted molar refractivity (Wildman–Crippen MR) is 85.3 cm³/mol. The lowest BCUT2D eigenvalue weighted by molar-refractivity contribution is -0.132. The van der Waals surface area contributed by atoms with Gasteiger partial charge in [0.2, 0.25) is 5.91 Å². The summed E-state index contributed by atoms with van der Waals surface area (Å²) >= 11 is 0. The summed E-state index contributed by atoms with van der Waals surface area (Å²) in [7, 11) is 0. The van der Waals surface area contributed by atoms with E-state index in [1.54, 1.807) is 24.0 Å². The van der Waals surface area contributed by atoms with E-state index in [0.29, 0.717) is 25.9 Å². The highest BCUT2D eigenvalue weighted by Gasteiger charge is 2.48. The number of benzene rings is 1. The third-order valence-corrected chi connectivity index (χ3v) is 4.58. The fourth-order valence-corrected chi connectivity index (χ4v) is 3.06. The first-order chi connectivity index (χ1) is 11.4. The zero-order chi connectivity index (χ0) is 17.3. The second-order valence-electron chi connectivity index (χ2n) is 6.15. The first-order valence-corrected chi connectivity index (χ1v) is 7.76. The molecule has 1 spiro atoms. The van der Waals surface area contributed by atoms with Gasteiger partial charge in [0.05, 0.1) is 0 Å². The molecule has 1 aromatic carbocycles. The van der Waals surface area contributed by atoms with Gasteiger partial charge in [0.1, 0.15) is 11.4 Å². The standard InChI is InChI=1S/C17H18FN3O3/c1-11(12-2-4-13(18)5-3-12)10-14(22)21-8-6-17(7-9-21)15(23)19-16(24)20-17/h2-5,10H,6-9H2,1H3,(H2,19,20,23,24). The summed E-state index contributed by atoms with van der Waals surface area (Å²) in [5.41, 5.74) is 0.636. The van der Waals surface area contributed by atoms with Crippen LogP contribution in [0.3, 0.4) is 0 Å². The summed E-state index contributed by atoms with van der Waals surface area (Å²) < 4.78 is 13.0. The molecule has 2 fully saturated rings. The number of imide groups is 1. The van der Waals surface area contributed by atoms with Crippen molar-refractivity contribution in [1.82, 2.24) is 15.5 Å². The Balaban J connectivity index is 1.65. The largest absolute Gasteiger partial charge is 0.339 e. The molecule has 0 radical (unpaired) electrons. The number of likely N-dealkylation sites (tertiary alicyclic amines) is 1. The van der Waals surface area contributed by atoms with Gasteiger partial charge in [-0.05, 0) is 43.0 Å². The van der Waals surface area contributed by atoms with E-state index in [9.17, 15) is 18.8 Å². The molecule has 2 N–H and O–H groups in total. The third kappa shape index (κ3) is 3.02. The highest BCUT2D eigenvalue weighted by Crippen LogP contribution is 2.26. The van der Waals surface area contributed by atoms with E-state index < -0.39 is 11.6 Å². The van der Waals surface area contributed by atoms with E-state index in [4.69, 9.17) is 0 Å². The van der Waals surface area contributed by atoms with E-state index in [-0.39, 0.29) is 17.6 Å². The number of allylic oxidation sites excluding steroid dienone is 1. The number of hydrogen-bond donors (Lipinski definition) is 2. The van der Waals surface area contributed by atoms with E-state index in [0.717, 1.165) is 11.1 Å². The summed E-state index contributed by atoms with van der Waals surface area (Å²) in [6.45, 7) is 2.57. The summed E-state index contributed by atoms with van der Waals surface area (Å²) in [6, 6.07) is 5.47. The lowest BCUT2D eigenvalue weighted by Gasteiger charge is -2.36. The van der Waals surface area contributed by atoms with Crippen LogP contribution in [0.5, 0.6) is 0 Å². The van der Waals surface area contributed by atoms with Crippen LogP contribution >= 0.6 is 0 Å². The minimum absolute atomic E-state index is 0.156. The highest BCUT2D eigenvalue weighted by atomic mass is 19.1. The first kappa shape index (κ1) is 16.2.